The van der Waals surface area contributed by atoms with Gasteiger partial charge in [-0.15, -0.1) is 11.8 Å². The lowest BCUT2D eigenvalue weighted by Gasteiger charge is -2.09. The van der Waals surface area contributed by atoms with Gasteiger partial charge >= 0.3 is 0 Å². The molecule has 0 saturated carbocycles. The number of anilines is 1. The Morgan fingerprint density at radius 1 is 1.30 bits per heavy atom. The van der Waals surface area contributed by atoms with E-state index in [1.807, 2.05) is 17.8 Å². The standard InChI is InChI=1S/C15H14ClNOS2/c16-13-8-11(17)5-6-15(13)20(18)9-12-7-10-3-1-2-4-14(10)19-12/h1-6,8,12H,7,9,17H2. The van der Waals surface area contributed by atoms with Gasteiger partial charge in [0, 0.05) is 21.6 Å². The summed E-state index contributed by atoms with van der Waals surface area (Å²) < 4.78 is 12.5. The summed E-state index contributed by atoms with van der Waals surface area (Å²) in [6.07, 6.45) is 0.971. The number of benzene rings is 2. The molecule has 3 rings (SSSR count). The molecule has 2 aromatic carbocycles. The SMILES string of the molecule is Nc1ccc(S(=O)CC2Cc3ccccc3S2)c(Cl)c1. The van der Waals surface area contributed by atoms with E-state index in [-0.39, 0.29) is 0 Å². The maximum Gasteiger partial charge on any atom is 0.0587 e. The minimum Gasteiger partial charge on any atom is -0.399 e. The third-order valence-corrected chi connectivity index (χ3v) is 6.76. The van der Waals surface area contributed by atoms with Gasteiger partial charge in [-0.1, -0.05) is 29.8 Å². The largest absolute Gasteiger partial charge is 0.399 e. The smallest absolute Gasteiger partial charge is 0.0587 e. The summed E-state index contributed by atoms with van der Waals surface area (Å²) in [6, 6.07) is 13.5. The highest BCUT2D eigenvalue weighted by Gasteiger charge is 2.24. The van der Waals surface area contributed by atoms with Gasteiger partial charge in [0.25, 0.3) is 0 Å². The van der Waals surface area contributed by atoms with Crippen molar-refractivity contribution >= 4 is 39.8 Å². The van der Waals surface area contributed by atoms with E-state index in [9.17, 15) is 4.21 Å². The Kier molecular flexibility index (Phi) is 4.06. The van der Waals surface area contributed by atoms with Crippen LogP contribution in [0.1, 0.15) is 5.56 Å². The number of rotatable bonds is 3. The summed E-state index contributed by atoms with van der Waals surface area (Å²) in [5.41, 5.74) is 7.61. The fraction of sp³-hybridized carbons (Fsp3) is 0.200. The third-order valence-electron chi connectivity index (χ3n) is 3.25. The molecule has 0 radical (unpaired) electrons. The molecule has 2 atom stereocenters. The monoisotopic (exact) mass is 323 g/mol. The van der Waals surface area contributed by atoms with E-state index in [1.165, 1.54) is 10.5 Å². The lowest BCUT2D eigenvalue weighted by atomic mass is 10.1. The van der Waals surface area contributed by atoms with Crippen molar-refractivity contribution in [3.05, 3.63) is 53.1 Å². The fourth-order valence-electron chi connectivity index (χ4n) is 2.31. The van der Waals surface area contributed by atoms with E-state index in [1.54, 1.807) is 18.2 Å². The average Bonchev–Trinajstić information content (AvgIpc) is 2.80. The van der Waals surface area contributed by atoms with Crippen LogP contribution in [0.25, 0.3) is 0 Å². The van der Waals surface area contributed by atoms with Crippen LogP contribution in [-0.4, -0.2) is 15.2 Å². The highest BCUT2D eigenvalue weighted by Crippen LogP contribution is 2.37. The molecule has 1 heterocycles. The van der Waals surface area contributed by atoms with Crippen LogP contribution in [0.5, 0.6) is 0 Å². The molecule has 5 heteroatoms. The van der Waals surface area contributed by atoms with Crippen LogP contribution in [0.15, 0.2) is 52.3 Å². The van der Waals surface area contributed by atoms with Gasteiger partial charge in [0.2, 0.25) is 0 Å². The predicted molar refractivity (Wildman–Crippen MR) is 86.9 cm³/mol. The number of nitrogens with two attached hydrogens (primary N) is 1. The number of thioether (sulfide) groups is 1. The Morgan fingerprint density at radius 3 is 2.85 bits per heavy atom. The van der Waals surface area contributed by atoms with E-state index in [0.717, 1.165) is 6.42 Å². The summed E-state index contributed by atoms with van der Waals surface area (Å²) in [5, 5.41) is 0.839. The lowest BCUT2D eigenvalue weighted by molar-refractivity contribution is 0.681. The summed E-state index contributed by atoms with van der Waals surface area (Å²) in [7, 11) is -1.09. The molecule has 20 heavy (non-hydrogen) atoms. The van der Waals surface area contributed by atoms with E-state index in [2.05, 4.69) is 18.2 Å². The van der Waals surface area contributed by atoms with Gasteiger partial charge in [0.05, 0.1) is 20.7 Å². The van der Waals surface area contributed by atoms with Crippen molar-refractivity contribution in [3.63, 3.8) is 0 Å². The van der Waals surface area contributed by atoms with E-state index in [4.69, 9.17) is 17.3 Å². The second-order valence-electron chi connectivity index (χ2n) is 4.75. The first kappa shape index (κ1) is 14.0. The van der Waals surface area contributed by atoms with Gasteiger partial charge in [0.1, 0.15) is 0 Å². The first-order chi connectivity index (χ1) is 9.63. The second kappa shape index (κ2) is 5.80. The molecule has 0 saturated heterocycles. The maximum atomic E-state index is 12.5. The first-order valence-electron chi connectivity index (χ1n) is 6.31. The van der Waals surface area contributed by atoms with Crippen molar-refractivity contribution in [2.45, 2.75) is 21.5 Å². The molecule has 0 aliphatic carbocycles. The van der Waals surface area contributed by atoms with Gasteiger partial charge in [0.15, 0.2) is 0 Å². The third kappa shape index (κ3) is 2.87. The van der Waals surface area contributed by atoms with Crippen LogP contribution in [0.2, 0.25) is 5.02 Å². The molecule has 0 fully saturated rings. The van der Waals surface area contributed by atoms with Crippen molar-refractivity contribution in [1.82, 2.24) is 0 Å². The number of halogens is 1. The number of fused-ring (bicyclic) bond motifs is 1. The van der Waals surface area contributed by atoms with Crippen LogP contribution >= 0.6 is 23.4 Å². The molecule has 0 bridgehead atoms. The minimum atomic E-state index is -1.09. The molecule has 1 aliphatic heterocycles. The quantitative estimate of drug-likeness (QED) is 0.875. The van der Waals surface area contributed by atoms with Gasteiger partial charge in [-0.2, -0.15) is 0 Å². The molecule has 1 aliphatic rings. The zero-order valence-electron chi connectivity index (χ0n) is 10.7. The Labute approximate surface area is 130 Å². The maximum absolute atomic E-state index is 12.5. The molecule has 2 aromatic rings. The first-order valence-corrected chi connectivity index (χ1v) is 8.89. The summed E-state index contributed by atoms with van der Waals surface area (Å²) in [5.74, 6) is 0.614. The van der Waals surface area contributed by atoms with E-state index in [0.29, 0.717) is 26.6 Å². The molecule has 104 valence electrons. The molecule has 2 nitrogen and oxygen atoms in total. The van der Waals surface area contributed by atoms with Crippen molar-refractivity contribution in [3.8, 4) is 0 Å². The number of hydrogen-bond acceptors (Lipinski definition) is 3. The van der Waals surface area contributed by atoms with Gasteiger partial charge in [-0.3, -0.25) is 4.21 Å². The average molecular weight is 324 g/mol. The normalized spacial score (nSPS) is 18.8. The molecular formula is C15H14ClNOS2. The van der Waals surface area contributed by atoms with Gasteiger partial charge in [-0.25, -0.2) is 0 Å². The topological polar surface area (TPSA) is 43.1 Å². The summed E-state index contributed by atoms with van der Waals surface area (Å²) >= 11 is 7.93. The zero-order chi connectivity index (χ0) is 14.1. The highest BCUT2D eigenvalue weighted by molar-refractivity contribution is 8.01. The Balaban J connectivity index is 1.72. The number of nitrogen functional groups attached to an aromatic ring is 1. The van der Waals surface area contributed by atoms with Crippen LogP contribution in [-0.2, 0) is 17.2 Å². The Bertz CT molecular complexity index is 650. The summed E-state index contributed by atoms with van der Waals surface area (Å²) in [4.78, 5) is 1.98. The Morgan fingerprint density at radius 2 is 2.10 bits per heavy atom. The fourth-order valence-corrected chi connectivity index (χ4v) is 5.61. The highest BCUT2D eigenvalue weighted by atomic mass is 35.5. The minimum absolute atomic E-state index is 0.349. The second-order valence-corrected chi connectivity index (χ2v) is 7.97. The zero-order valence-corrected chi connectivity index (χ0v) is 13.1. The molecule has 2 unspecified atom stereocenters. The van der Waals surface area contributed by atoms with Crippen molar-refractivity contribution in [2.24, 2.45) is 0 Å². The van der Waals surface area contributed by atoms with Crippen molar-refractivity contribution < 1.29 is 4.21 Å². The predicted octanol–water partition coefficient (Wildman–Crippen LogP) is 3.75. The van der Waals surface area contributed by atoms with Crippen molar-refractivity contribution in [2.75, 3.05) is 11.5 Å². The van der Waals surface area contributed by atoms with E-state index < -0.39 is 10.8 Å². The van der Waals surface area contributed by atoms with Gasteiger partial charge < -0.3 is 5.73 Å². The van der Waals surface area contributed by atoms with Crippen LogP contribution < -0.4 is 5.73 Å². The number of hydrogen-bond donors (Lipinski definition) is 1. The van der Waals surface area contributed by atoms with Gasteiger partial charge in [-0.05, 0) is 36.2 Å². The van der Waals surface area contributed by atoms with Crippen LogP contribution in [0.3, 0.4) is 0 Å². The molecule has 0 aromatic heterocycles. The van der Waals surface area contributed by atoms with Crippen LogP contribution in [0, 0.1) is 0 Å². The van der Waals surface area contributed by atoms with Crippen molar-refractivity contribution in [1.29, 1.82) is 0 Å². The van der Waals surface area contributed by atoms with Crippen LogP contribution in [0.4, 0.5) is 5.69 Å². The molecule has 0 amide bonds. The molecular weight excluding hydrogens is 310 g/mol. The molecule has 0 spiro atoms. The summed E-state index contributed by atoms with van der Waals surface area (Å²) in [6.45, 7) is 0. The molecule has 2 N–H and O–H groups in total. The lowest BCUT2D eigenvalue weighted by Crippen LogP contribution is -2.13. The Hall–Kier alpha value is -0.970. The van der Waals surface area contributed by atoms with E-state index >= 15 is 0 Å².